The summed E-state index contributed by atoms with van der Waals surface area (Å²) >= 11 is 0. The van der Waals surface area contributed by atoms with Gasteiger partial charge in [0.25, 0.3) is 0 Å². The molecule has 0 bridgehead atoms. The van der Waals surface area contributed by atoms with Crippen LogP contribution in [0.4, 0.5) is 0 Å². The maximum Gasteiger partial charge on any atom is 0.0337 e. The van der Waals surface area contributed by atoms with Crippen LogP contribution in [0.15, 0.2) is 0 Å². The zero-order valence-corrected chi connectivity index (χ0v) is 12.3. The first-order valence-electron chi connectivity index (χ1n) is 8.24. The van der Waals surface area contributed by atoms with E-state index in [1.54, 1.807) is 0 Å². The molecular weight excluding hydrogens is 220 g/mol. The van der Waals surface area contributed by atoms with Crippen LogP contribution < -0.4 is 5.32 Å². The molecule has 1 saturated heterocycles. The van der Waals surface area contributed by atoms with E-state index in [1.165, 1.54) is 64.5 Å². The fourth-order valence-electron chi connectivity index (χ4n) is 4.28. The molecule has 2 saturated carbocycles. The van der Waals surface area contributed by atoms with E-state index in [1.807, 2.05) is 0 Å². The smallest absolute Gasteiger partial charge is 0.0337 e. The average molecular weight is 250 g/mol. The molecule has 0 radical (unpaired) electrons. The third-order valence-corrected chi connectivity index (χ3v) is 5.79. The van der Waals surface area contributed by atoms with Gasteiger partial charge >= 0.3 is 0 Å². The number of nitrogens with zero attached hydrogens (tertiary/aromatic N) is 1. The molecule has 3 rings (SSSR count). The van der Waals surface area contributed by atoms with E-state index in [-0.39, 0.29) is 0 Å². The molecule has 3 fully saturated rings. The van der Waals surface area contributed by atoms with E-state index >= 15 is 0 Å². The number of piperazine rings is 1. The van der Waals surface area contributed by atoms with Crippen molar-refractivity contribution in [3.63, 3.8) is 0 Å². The van der Waals surface area contributed by atoms with Gasteiger partial charge in [0, 0.05) is 30.7 Å². The van der Waals surface area contributed by atoms with Crippen LogP contribution in [0.5, 0.6) is 0 Å². The summed E-state index contributed by atoms with van der Waals surface area (Å²) in [6, 6.07) is 1.62. The van der Waals surface area contributed by atoms with Gasteiger partial charge in [-0.15, -0.1) is 0 Å². The van der Waals surface area contributed by atoms with Gasteiger partial charge in [0.1, 0.15) is 0 Å². The monoisotopic (exact) mass is 250 g/mol. The van der Waals surface area contributed by atoms with Gasteiger partial charge in [-0.2, -0.15) is 0 Å². The largest absolute Gasteiger partial charge is 0.311 e. The molecule has 0 aromatic carbocycles. The molecule has 0 spiro atoms. The lowest BCUT2D eigenvalue weighted by Gasteiger charge is -2.53. The predicted octanol–water partition coefficient (Wildman–Crippen LogP) is 3.17. The molecule has 2 unspecified atom stereocenters. The second-order valence-electron chi connectivity index (χ2n) is 7.06. The summed E-state index contributed by atoms with van der Waals surface area (Å²) in [4.78, 5) is 2.94. The number of hydrogen-bond donors (Lipinski definition) is 1. The minimum atomic E-state index is 0.466. The van der Waals surface area contributed by atoms with Crippen molar-refractivity contribution >= 4 is 0 Å². The molecule has 2 heteroatoms. The van der Waals surface area contributed by atoms with Gasteiger partial charge in [-0.05, 0) is 44.9 Å². The number of hydrogen-bond acceptors (Lipinski definition) is 2. The highest BCUT2D eigenvalue weighted by Crippen LogP contribution is 2.46. The molecule has 3 aliphatic rings. The second kappa shape index (κ2) is 5.13. The van der Waals surface area contributed by atoms with Crippen molar-refractivity contribution in [2.24, 2.45) is 5.92 Å². The Labute approximate surface area is 113 Å². The summed E-state index contributed by atoms with van der Waals surface area (Å²) in [5.74, 6) is 0.977. The Morgan fingerprint density at radius 1 is 1.11 bits per heavy atom. The number of nitrogens with one attached hydrogen (secondary N) is 1. The molecule has 2 nitrogen and oxygen atoms in total. The van der Waals surface area contributed by atoms with Crippen molar-refractivity contribution in [1.29, 1.82) is 0 Å². The lowest BCUT2D eigenvalue weighted by molar-refractivity contribution is -0.0146. The summed E-state index contributed by atoms with van der Waals surface area (Å²) in [5, 5.41) is 3.81. The average Bonchev–Trinajstić information content (AvgIpc) is 3.25. The van der Waals surface area contributed by atoms with E-state index in [9.17, 15) is 0 Å². The Kier molecular flexibility index (Phi) is 3.68. The van der Waals surface area contributed by atoms with Gasteiger partial charge < -0.3 is 5.32 Å². The van der Waals surface area contributed by atoms with Crippen LogP contribution in [0.25, 0.3) is 0 Å². The van der Waals surface area contributed by atoms with Gasteiger partial charge in [0.15, 0.2) is 0 Å². The van der Waals surface area contributed by atoms with Crippen molar-refractivity contribution < 1.29 is 0 Å². The van der Waals surface area contributed by atoms with Crippen molar-refractivity contribution in [2.75, 3.05) is 13.1 Å². The zero-order chi connectivity index (χ0) is 12.6. The predicted molar refractivity (Wildman–Crippen MR) is 76.8 cm³/mol. The lowest BCUT2D eigenvalue weighted by Crippen LogP contribution is -2.67. The van der Waals surface area contributed by atoms with Crippen LogP contribution in [0.1, 0.15) is 65.2 Å². The van der Waals surface area contributed by atoms with Gasteiger partial charge in [-0.25, -0.2) is 0 Å². The quantitative estimate of drug-likeness (QED) is 0.827. The van der Waals surface area contributed by atoms with Crippen molar-refractivity contribution in [3.8, 4) is 0 Å². The molecule has 18 heavy (non-hydrogen) atoms. The van der Waals surface area contributed by atoms with Crippen LogP contribution in [0.3, 0.4) is 0 Å². The lowest BCUT2D eigenvalue weighted by atomic mass is 9.83. The summed E-state index contributed by atoms with van der Waals surface area (Å²) < 4.78 is 0. The minimum Gasteiger partial charge on any atom is -0.311 e. The molecule has 0 aromatic heterocycles. The molecule has 2 aliphatic carbocycles. The van der Waals surface area contributed by atoms with E-state index in [0.29, 0.717) is 5.54 Å². The standard InChI is InChI=1S/C16H30N2/c1-3-14-11-18(15-7-5-4-6-8-15)16(2,12-17-14)13-9-10-13/h13-15,17H,3-12H2,1-2H3. The highest BCUT2D eigenvalue weighted by atomic mass is 15.3. The van der Waals surface area contributed by atoms with E-state index in [2.05, 4.69) is 24.1 Å². The summed E-state index contributed by atoms with van der Waals surface area (Å²) in [7, 11) is 0. The zero-order valence-electron chi connectivity index (χ0n) is 12.3. The SMILES string of the molecule is CCC1CN(C2CCCCC2)C(C)(C2CC2)CN1. The van der Waals surface area contributed by atoms with Crippen LogP contribution in [0.2, 0.25) is 0 Å². The fraction of sp³-hybridized carbons (Fsp3) is 1.00. The molecular formula is C16H30N2. The van der Waals surface area contributed by atoms with Gasteiger partial charge in [0.05, 0.1) is 0 Å². The van der Waals surface area contributed by atoms with Crippen molar-refractivity contribution in [1.82, 2.24) is 10.2 Å². The Hall–Kier alpha value is -0.0800. The van der Waals surface area contributed by atoms with E-state index < -0.39 is 0 Å². The highest BCUT2D eigenvalue weighted by Gasteiger charge is 2.49. The number of rotatable bonds is 3. The van der Waals surface area contributed by atoms with Crippen LogP contribution in [0, 0.1) is 5.92 Å². The van der Waals surface area contributed by atoms with Gasteiger partial charge in [0.2, 0.25) is 0 Å². The Morgan fingerprint density at radius 3 is 2.44 bits per heavy atom. The van der Waals surface area contributed by atoms with Crippen LogP contribution in [-0.4, -0.2) is 35.6 Å². The molecule has 1 aliphatic heterocycles. The third kappa shape index (κ3) is 2.34. The normalized spacial score (nSPS) is 40.0. The molecule has 1 heterocycles. The maximum atomic E-state index is 3.81. The Morgan fingerprint density at radius 2 is 1.83 bits per heavy atom. The van der Waals surface area contributed by atoms with Crippen LogP contribution >= 0.6 is 0 Å². The Balaban J connectivity index is 1.75. The molecule has 104 valence electrons. The topological polar surface area (TPSA) is 15.3 Å². The fourth-order valence-corrected chi connectivity index (χ4v) is 4.28. The minimum absolute atomic E-state index is 0.466. The maximum absolute atomic E-state index is 3.81. The van der Waals surface area contributed by atoms with E-state index in [0.717, 1.165) is 18.0 Å². The summed E-state index contributed by atoms with van der Waals surface area (Å²) in [6.07, 6.45) is 11.5. The first kappa shape index (κ1) is 12.9. The third-order valence-electron chi connectivity index (χ3n) is 5.79. The molecule has 1 N–H and O–H groups in total. The first-order chi connectivity index (χ1) is 8.74. The van der Waals surface area contributed by atoms with Crippen LogP contribution in [-0.2, 0) is 0 Å². The highest BCUT2D eigenvalue weighted by molar-refractivity contribution is 5.06. The summed E-state index contributed by atoms with van der Waals surface area (Å²) in [5.41, 5.74) is 0.466. The van der Waals surface area contributed by atoms with Gasteiger partial charge in [-0.3, -0.25) is 4.90 Å². The van der Waals surface area contributed by atoms with Gasteiger partial charge in [-0.1, -0.05) is 26.2 Å². The van der Waals surface area contributed by atoms with Crippen molar-refractivity contribution in [3.05, 3.63) is 0 Å². The molecule has 0 aromatic rings. The molecule has 0 amide bonds. The van der Waals surface area contributed by atoms with E-state index in [4.69, 9.17) is 0 Å². The molecule has 2 atom stereocenters. The van der Waals surface area contributed by atoms with Crippen molar-refractivity contribution in [2.45, 2.75) is 82.8 Å². The Bertz CT molecular complexity index is 281. The first-order valence-corrected chi connectivity index (χ1v) is 8.24. The summed E-state index contributed by atoms with van der Waals surface area (Å²) in [6.45, 7) is 7.40. The second-order valence-corrected chi connectivity index (χ2v) is 7.06.